The van der Waals surface area contributed by atoms with E-state index in [0.29, 0.717) is 45.9 Å². The van der Waals surface area contributed by atoms with E-state index in [1.54, 1.807) is 24.4 Å². The van der Waals surface area contributed by atoms with Crippen LogP contribution in [0.15, 0.2) is 60.9 Å². The number of benzene rings is 2. The Morgan fingerprint density at radius 3 is 2.88 bits per heavy atom. The number of hydrogen-bond acceptors (Lipinski definition) is 8. The lowest BCUT2D eigenvalue weighted by molar-refractivity contribution is 0.0875. The highest BCUT2D eigenvalue weighted by Gasteiger charge is 2.36. The standard InChI is InChI=1S/C23H22N2O7P2/c1-15-3-2-4-16(11-15)20-8-10-31-34(28,32-20)18-12-17-5-6-19-21(29-14-30-33(26)27)7-9-24-23(19)22(17)25-13-18/h2-7,9,11-13,20,33H,8,10,14H2,1H3,(H,26,27). The van der Waals surface area contributed by atoms with Crippen molar-refractivity contribution in [2.45, 2.75) is 19.4 Å². The van der Waals surface area contributed by atoms with Crippen molar-refractivity contribution in [3.8, 4) is 5.75 Å². The molecule has 4 aromatic rings. The fourth-order valence-corrected chi connectivity index (χ4v) is 5.85. The number of rotatable bonds is 6. The average molecular weight is 500 g/mol. The molecule has 34 heavy (non-hydrogen) atoms. The lowest BCUT2D eigenvalue weighted by atomic mass is 10.0. The van der Waals surface area contributed by atoms with Crippen molar-refractivity contribution in [1.82, 2.24) is 9.97 Å². The Bertz CT molecular complexity index is 1450. The van der Waals surface area contributed by atoms with Crippen molar-refractivity contribution in [1.29, 1.82) is 0 Å². The molecule has 1 aliphatic heterocycles. The fraction of sp³-hybridized carbons (Fsp3) is 0.217. The van der Waals surface area contributed by atoms with Crippen molar-refractivity contribution < 1.29 is 32.3 Å². The average Bonchev–Trinajstić information content (AvgIpc) is 2.83. The Labute approximate surface area is 196 Å². The van der Waals surface area contributed by atoms with Gasteiger partial charge in [0.05, 0.1) is 23.5 Å². The summed E-state index contributed by atoms with van der Waals surface area (Å²) in [6.45, 7) is 1.96. The first kappa shape index (κ1) is 23.1. The van der Waals surface area contributed by atoms with Gasteiger partial charge in [-0.1, -0.05) is 35.9 Å². The molecule has 1 saturated heterocycles. The quantitative estimate of drug-likeness (QED) is 0.226. The third kappa shape index (κ3) is 4.64. The van der Waals surface area contributed by atoms with Gasteiger partial charge in [0.1, 0.15) is 11.3 Å². The monoisotopic (exact) mass is 500 g/mol. The lowest BCUT2D eigenvalue weighted by Gasteiger charge is -2.30. The Kier molecular flexibility index (Phi) is 6.49. The third-order valence-electron chi connectivity index (χ3n) is 5.54. The van der Waals surface area contributed by atoms with Crippen LogP contribution < -0.4 is 10.0 Å². The molecule has 0 saturated carbocycles. The molecule has 1 fully saturated rings. The van der Waals surface area contributed by atoms with Gasteiger partial charge >= 0.3 is 15.9 Å². The summed E-state index contributed by atoms with van der Waals surface area (Å²) >= 11 is 0. The lowest BCUT2D eigenvalue weighted by Crippen LogP contribution is -2.20. The summed E-state index contributed by atoms with van der Waals surface area (Å²) in [7, 11) is -6.66. The first-order valence-electron chi connectivity index (χ1n) is 10.6. The maximum atomic E-state index is 13.7. The molecule has 0 amide bonds. The van der Waals surface area contributed by atoms with Gasteiger partial charge in [0, 0.05) is 29.6 Å². The van der Waals surface area contributed by atoms with Gasteiger partial charge in [-0.15, -0.1) is 0 Å². The molecule has 0 radical (unpaired) electrons. The molecule has 2 aromatic heterocycles. The summed E-state index contributed by atoms with van der Waals surface area (Å²) in [6.07, 6.45) is 3.33. The first-order valence-corrected chi connectivity index (χ1v) is 13.4. The van der Waals surface area contributed by atoms with Gasteiger partial charge < -0.3 is 14.2 Å². The highest BCUT2D eigenvalue weighted by molar-refractivity contribution is 7.62. The molecular weight excluding hydrogens is 478 g/mol. The summed E-state index contributed by atoms with van der Waals surface area (Å²) in [5.41, 5.74) is 3.23. The fourth-order valence-electron chi connectivity index (χ4n) is 3.96. The van der Waals surface area contributed by atoms with Crippen molar-refractivity contribution in [3.63, 3.8) is 0 Å². The first-order chi connectivity index (χ1) is 16.4. The number of aromatic nitrogens is 2. The van der Waals surface area contributed by atoms with Crippen molar-refractivity contribution in [2.24, 2.45) is 0 Å². The van der Waals surface area contributed by atoms with E-state index in [9.17, 15) is 9.13 Å². The van der Waals surface area contributed by atoms with Gasteiger partial charge in [0.15, 0.2) is 6.79 Å². The SMILES string of the molecule is Cc1cccc(C2CCOP(=O)(c3cnc4c(ccc5c(OCO[PH](=O)O)ccnc54)c3)O2)c1. The maximum absolute atomic E-state index is 13.7. The molecule has 2 aromatic carbocycles. The largest absolute Gasteiger partial charge is 0.466 e. The summed E-state index contributed by atoms with van der Waals surface area (Å²) < 4.78 is 46.2. The molecule has 3 heterocycles. The van der Waals surface area contributed by atoms with E-state index in [1.807, 2.05) is 37.3 Å². The smallest absolute Gasteiger partial charge is 0.363 e. The molecule has 11 heteroatoms. The summed E-state index contributed by atoms with van der Waals surface area (Å²) in [6, 6.07) is 14.9. The zero-order chi connectivity index (χ0) is 23.7. The Morgan fingerprint density at radius 1 is 1.18 bits per heavy atom. The van der Waals surface area contributed by atoms with E-state index < -0.39 is 15.9 Å². The van der Waals surface area contributed by atoms with Gasteiger partial charge in [-0.05, 0) is 30.7 Å². The Hall–Kier alpha value is -2.64. The van der Waals surface area contributed by atoms with Crippen molar-refractivity contribution in [2.75, 3.05) is 13.4 Å². The van der Waals surface area contributed by atoms with Crippen LogP contribution in [0.1, 0.15) is 23.7 Å². The minimum Gasteiger partial charge on any atom is -0.466 e. The van der Waals surface area contributed by atoms with Crippen LogP contribution >= 0.6 is 15.9 Å². The molecule has 5 rings (SSSR count). The molecule has 0 aliphatic carbocycles. The maximum Gasteiger partial charge on any atom is 0.363 e. The van der Waals surface area contributed by atoms with Crippen LogP contribution in [0.2, 0.25) is 0 Å². The van der Waals surface area contributed by atoms with Crippen molar-refractivity contribution in [3.05, 3.63) is 72.1 Å². The van der Waals surface area contributed by atoms with Gasteiger partial charge in [0.2, 0.25) is 0 Å². The van der Waals surface area contributed by atoms with Crippen LogP contribution in [0.3, 0.4) is 0 Å². The number of pyridine rings is 2. The Morgan fingerprint density at radius 2 is 2.06 bits per heavy atom. The van der Waals surface area contributed by atoms with Crippen LogP contribution in [0.25, 0.3) is 21.8 Å². The van der Waals surface area contributed by atoms with E-state index in [0.717, 1.165) is 11.1 Å². The molecule has 1 aliphatic rings. The highest BCUT2D eigenvalue weighted by atomic mass is 31.2. The van der Waals surface area contributed by atoms with E-state index in [1.165, 1.54) is 6.20 Å². The summed E-state index contributed by atoms with van der Waals surface area (Å²) in [5.74, 6) is 0.439. The summed E-state index contributed by atoms with van der Waals surface area (Å²) in [4.78, 5) is 17.7. The Balaban J connectivity index is 1.47. The van der Waals surface area contributed by atoms with Gasteiger partial charge in [-0.3, -0.25) is 28.1 Å². The predicted molar refractivity (Wildman–Crippen MR) is 128 cm³/mol. The topological polar surface area (TPSA) is 117 Å². The number of nitrogens with zero attached hydrogens (tertiary/aromatic N) is 2. The van der Waals surface area contributed by atoms with Crippen molar-refractivity contribution >= 4 is 43.0 Å². The predicted octanol–water partition coefficient (Wildman–Crippen LogP) is 4.82. The molecule has 0 bridgehead atoms. The molecular formula is C23H22N2O7P2. The normalized spacial score (nSPS) is 21.5. The van der Waals surface area contributed by atoms with E-state index in [-0.39, 0.29) is 12.9 Å². The van der Waals surface area contributed by atoms with Crippen LogP contribution in [0.5, 0.6) is 5.75 Å². The minimum absolute atomic E-state index is 0.316. The van der Waals surface area contributed by atoms with Crippen LogP contribution in [-0.4, -0.2) is 28.3 Å². The minimum atomic E-state index is -3.58. The van der Waals surface area contributed by atoms with Crippen LogP contribution in [-0.2, 0) is 22.7 Å². The number of fused-ring (bicyclic) bond motifs is 3. The molecule has 176 valence electrons. The van der Waals surface area contributed by atoms with Gasteiger partial charge in [-0.25, -0.2) is 0 Å². The van der Waals surface area contributed by atoms with Gasteiger partial charge in [0.25, 0.3) is 0 Å². The van der Waals surface area contributed by atoms with Gasteiger partial charge in [-0.2, -0.15) is 0 Å². The third-order valence-corrected chi connectivity index (χ3v) is 7.84. The highest BCUT2D eigenvalue weighted by Crippen LogP contribution is 2.55. The van der Waals surface area contributed by atoms with Crippen LogP contribution in [0, 0.1) is 6.92 Å². The molecule has 1 N–H and O–H groups in total. The van der Waals surface area contributed by atoms with E-state index in [4.69, 9.17) is 18.7 Å². The molecule has 0 spiro atoms. The molecule has 3 atom stereocenters. The second-order valence-corrected chi connectivity index (χ2v) is 10.6. The molecule has 9 nitrogen and oxygen atoms in total. The van der Waals surface area contributed by atoms with E-state index >= 15 is 0 Å². The number of ether oxygens (including phenoxy) is 1. The second kappa shape index (κ2) is 9.55. The zero-order valence-electron chi connectivity index (χ0n) is 18.2. The van der Waals surface area contributed by atoms with E-state index in [2.05, 4.69) is 14.5 Å². The number of hydrogen-bond donors (Lipinski definition) is 1. The second-order valence-electron chi connectivity index (χ2n) is 7.84. The molecule has 3 unspecified atom stereocenters. The zero-order valence-corrected chi connectivity index (χ0v) is 20.1. The van der Waals surface area contributed by atoms with Crippen LogP contribution in [0.4, 0.5) is 0 Å². The number of aryl methyl sites for hydroxylation is 1. The summed E-state index contributed by atoms with van der Waals surface area (Å²) in [5, 5.41) is 1.75.